The van der Waals surface area contributed by atoms with Crippen LogP contribution in [-0.4, -0.2) is 39.4 Å². The molecule has 1 amide bonds. The van der Waals surface area contributed by atoms with E-state index in [1.165, 1.54) is 11.3 Å². The Bertz CT molecular complexity index is 656. The second-order valence-corrected chi connectivity index (χ2v) is 6.90. The second-order valence-electron chi connectivity index (χ2n) is 6.05. The van der Waals surface area contributed by atoms with Gasteiger partial charge in [0.15, 0.2) is 0 Å². The number of thiazole rings is 1. The summed E-state index contributed by atoms with van der Waals surface area (Å²) < 4.78 is 0. The largest absolute Gasteiger partial charge is 0.338 e. The van der Waals surface area contributed by atoms with Gasteiger partial charge in [-0.1, -0.05) is 6.07 Å². The van der Waals surface area contributed by atoms with E-state index in [0.717, 1.165) is 42.2 Å². The first kappa shape index (κ1) is 16.1. The molecule has 23 heavy (non-hydrogen) atoms. The van der Waals surface area contributed by atoms with E-state index in [2.05, 4.69) is 9.97 Å². The minimum absolute atomic E-state index is 0.0127. The molecule has 1 aliphatic rings. The highest BCUT2D eigenvalue weighted by Gasteiger charge is 2.29. The van der Waals surface area contributed by atoms with Crippen molar-refractivity contribution in [3.8, 4) is 10.7 Å². The number of likely N-dealkylation sites (tertiary alicyclic amines) is 1. The topological polar surface area (TPSA) is 72.1 Å². The van der Waals surface area contributed by atoms with Crippen molar-refractivity contribution in [1.82, 2.24) is 14.9 Å². The van der Waals surface area contributed by atoms with Crippen molar-refractivity contribution in [1.29, 1.82) is 0 Å². The van der Waals surface area contributed by atoms with Crippen molar-refractivity contribution in [2.45, 2.75) is 44.7 Å². The van der Waals surface area contributed by atoms with E-state index in [0.29, 0.717) is 6.42 Å². The van der Waals surface area contributed by atoms with Crippen LogP contribution < -0.4 is 5.73 Å². The summed E-state index contributed by atoms with van der Waals surface area (Å²) in [4.78, 5) is 23.5. The van der Waals surface area contributed by atoms with Crippen LogP contribution in [0.25, 0.3) is 10.7 Å². The molecule has 122 valence electrons. The predicted molar refractivity (Wildman–Crippen MR) is 92.1 cm³/mol. The Morgan fingerprint density at radius 1 is 1.48 bits per heavy atom. The highest BCUT2D eigenvalue weighted by molar-refractivity contribution is 7.13. The van der Waals surface area contributed by atoms with Crippen molar-refractivity contribution in [3.63, 3.8) is 0 Å². The van der Waals surface area contributed by atoms with Crippen LogP contribution in [-0.2, 0) is 11.2 Å². The number of amides is 1. The lowest BCUT2D eigenvalue weighted by Gasteiger charge is -2.38. The highest BCUT2D eigenvalue weighted by Crippen LogP contribution is 2.23. The van der Waals surface area contributed by atoms with Gasteiger partial charge in [0.25, 0.3) is 0 Å². The molecule has 1 saturated heterocycles. The zero-order chi connectivity index (χ0) is 16.2. The molecular weight excluding hydrogens is 308 g/mol. The molecule has 0 aliphatic carbocycles. The predicted octanol–water partition coefficient (Wildman–Crippen LogP) is 2.48. The molecule has 0 spiro atoms. The maximum atomic E-state index is 12.6. The highest BCUT2D eigenvalue weighted by atomic mass is 32.1. The van der Waals surface area contributed by atoms with Gasteiger partial charge in [0, 0.05) is 30.2 Å². The molecule has 2 aromatic rings. The normalized spacial score (nSPS) is 19.6. The van der Waals surface area contributed by atoms with Gasteiger partial charge in [0.1, 0.15) is 5.01 Å². The van der Waals surface area contributed by atoms with Gasteiger partial charge in [-0.3, -0.25) is 9.78 Å². The monoisotopic (exact) mass is 330 g/mol. The number of carbonyl (C=O) groups is 1. The molecule has 1 aliphatic heterocycles. The van der Waals surface area contributed by atoms with Gasteiger partial charge in [0.2, 0.25) is 5.91 Å². The van der Waals surface area contributed by atoms with Crippen LogP contribution in [0.4, 0.5) is 0 Å². The summed E-state index contributed by atoms with van der Waals surface area (Å²) in [5.41, 5.74) is 7.72. The first-order valence-electron chi connectivity index (χ1n) is 8.06. The van der Waals surface area contributed by atoms with Crippen molar-refractivity contribution in [2.24, 2.45) is 5.73 Å². The van der Waals surface area contributed by atoms with E-state index in [1.807, 2.05) is 35.4 Å². The quantitative estimate of drug-likeness (QED) is 0.935. The first-order chi connectivity index (χ1) is 11.1. The summed E-state index contributed by atoms with van der Waals surface area (Å²) in [6, 6.07) is 5.92. The SMILES string of the molecule is CC(N)C1CCCCN1C(=O)Cc1csc(-c2ccccn2)n1. The average Bonchev–Trinajstić information content (AvgIpc) is 3.04. The Labute approximate surface area is 140 Å². The molecule has 6 heteroatoms. The summed E-state index contributed by atoms with van der Waals surface area (Å²) in [6.45, 7) is 2.79. The van der Waals surface area contributed by atoms with Crippen molar-refractivity contribution >= 4 is 17.2 Å². The summed E-state index contributed by atoms with van der Waals surface area (Å²) in [5.74, 6) is 0.130. The number of pyridine rings is 1. The van der Waals surface area contributed by atoms with E-state index in [9.17, 15) is 4.79 Å². The number of rotatable bonds is 4. The Hall–Kier alpha value is -1.79. The molecule has 0 bridgehead atoms. The van der Waals surface area contributed by atoms with Gasteiger partial charge >= 0.3 is 0 Å². The number of piperidine rings is 1. The van der Waals surface area contributed by atoms with Crippen molar-refractivity contribution in [3.05, 3.63) is 35.5 Å². The Morgan fingerprint density at radius 2 is 2.35 bits per heavy atom. The fourth-order valence-electron chi connectivity index (χ4n) is 3.07. The van der Waals surface area contributed by atoms with E-state index in [4.69, 9.17) is 5.73 Å². The van der Waals surface area contributed by atoms with Crippen molar-refractivity contribution < 1.29 is 4.79 Å². The number of hydrogen-bond acceptors (Lipinski definition) is 5. The lowest BCUT2D eigenvalue weighted by Crippen LogP contribution is -2.52. The summed E-state index contributed by atoms with van der Waals surface area (Å²) in [6.07, 6.45) is 5.30. The lowest BCUT2D eigenvalue weighted by atomic mass is 9.96. The lowest BCUT2D eigenvalue weighted by molar-refractivity contribution is -0.134. The van der Waals surface area contributed by atoms with Gasteiger partial charge in [-0.15, -0.1) is 11.3 Å². The number of aromatic nitrogens is 2. The third kappa shape index (κ3) is 3.76. The molecule has 2 N–H and O–H groups in total. The smallest absolute Gasteiger partial charge is 0.228 e. The van der Waals surface area contributed by atoms with E-state index in [-0.39, 0.29) is 18.0 Å². The molecular formula is C17H22N4OS. The van der Waals surface area contributed by atoms with Gasteiger partial charge in [-0.05, 0) is 38.3 Å². The Morgan fingerprint density at radius 3 is 3.09 bits per heavy atom. The van der Waals surface area contributed by atoms with E-state index >= 15 is 0 Å². The molecule has 0 aromatic carbocycles. The average molecular weight is 330 g/mol. The minimum Gasteiger partial charge on any atom is -0.338 e. The Balaban J connectivity index is 1.69. The van der Waals surface area contributed by atoms with Crippen LogP contribution in [0.2, 0.25) is 0 Å². The van der Waals surface area contributed by atoms with Gasteiger partial charge in [-0.2, -0.15) is 0 Å². The third-order valence-electron chi connectivity index (χ3n) is 4.24. The van der Waals surface area contributed by atoms with Crippen LogP contribution in [0.3, 0.4) is 0 Å². The number of nitrogens with two attached hydrogens (primary N) is 1. The van der Waals surface area contributed by atoms with Crippen LogP contribution in [0.1, 0.15) is 31.9 Å². The van der Waals surface area contributed by atoms with Crippen LogP contribution in [0.15, 0.2) is 29.8 Å². The molecule has 2 aromatic heterocycles. The fraction of sp³-hybridized carbons (Fsp3) is 0.471. The fourth-order valence-corrected chi connectivity index (χ4v) is 3.86. The molecule has 3 heterocycles. The minimum atomic E-state index is 0.0127. The zero-order valence-corrected chi connectivity index (χ0v) is 14.1. The maximum absolute atomic E-state index is 12.6. The van der Waals surface area contributed by atoms with E-state index in [1.54, 1.807) is 6.20 Å². The maximum Gasteiger partial charge on any atom is 0.228 e. The molecule has 0 saturated carbocycles. The second kappa shape index (κ2) is 7.19. The number of nitrogens with zero attached hydrogens (tertiary/aromatic N) is 3. The summed E-state index contributed by atoms with van der Waals surface area (Å²) in [5, 5.41) is 2.81. The molecule has 0 radical (unpaired) electrons. The van der Waals surface area contributed by atoms with Gasteiger partial charge in [-0.25, -0.2) is 4.98 Å². The molecule has 2 unspecified atom stereocenters. The summed E-state index contributed by atoms with van der Waals surface area (Å²) in [7, 11) is 0. The molecule has 2 atom stereocenters. The van der Waals surface area contributed by atoms with E-state index < -0.39 is 0 Å². The zero-order valence-electron chi connectivity index (χ0n) is 13.3. The molecule has 3 rings (SSSR count). The summed E-state index contributed by atoms with van der Waals surface area (Å²) >= 11 is 1.53. The Kier molecular flexibility index (Phi) is 5.03. The van der Waals surface area contributed by atoms with Crippen LogP contribution in [0.5, 0.6) is 0 Å². The third-order valence-corrected chi connectivity index (χ3v) is 5.16. The molecule has 5 nitrogen and oxygen atoms in total. The van der Waals surface area contributed by atoms with Gasteiger partial charge < -0.3 is 10.6 Å². The molecule has 1 fully saturated rings. The van der Waals surface area contributed by atoms with Crippen molar-refractivity contribution in [2.75, 3.05) is 6.54 Å². The first-order valence-corrected chi connectivity index (χ1v) is 8.94. The van der Waals surface area contributed by atoms with Gasteiger partial charge in [0.05, 0.1) is 17.8 Å². The number of hydrogen-bond donors (Lipinski definition) is 1. The van der Waals surface area contributed by atoms with Crippen LogP contribution >= 0.6 is 11.3 Å². The number of carbonyl (C=O) groups excluding carboxylic acids is 1. The van der Waals surface area contributed by atoms with Crippen LogP contribution in [0, 0.1) is 0 Å². The standard InChI is InChI=1S/C17H22N4OS/c1-12(18)15-7-3-5-9-21(15)16(22)10-13-11-23-17(20-13)14-6-2-4-8-19-14/h2,4,6,8,11-12,15H,3,5,7,9-10,18H2,1H3.